The molecule has 0 radical (unpaired) electrons. The summed E-state index contributed by atoms with van der Waals surface area (Å²) >= 11 is 0. The average molecular weight is 383 g/mol. The first-order valence-electron chi connectivity index (χ1n) is 10.1. The van der Waals surface area contributed by atoms with Gasteiger partial charge in [0.25, 0.3) is 5.56 Å². The number of carbonyl (C=O) groups excluding carboxylic acids is 1. The maximum absolute atomic E-state index is 12.9. The molecule has 1 unspecified atom stereocenters. The van der Waals surface area contributed by atoms with Gasteiger partial charge in [-0.3, -0.25) is 9.59 Å². The third kappa shape index (κ3) is 3.16. The molecule has 1 atom stereocenters. The van der Waals surface area contributed by atoms with Crippen LogP contribution in [0.4, 0.5) is 0 Å². The van der Waals surface area contributed by atoms with Crippen LogP contribution in [0.3, 0.4) is 0 Å². The number of rotatable bonds is 2. The minimum atomic E-state index is -0.223. The van der Waals surface area contributed by atoms with E-state index < -0.39 is 0 Å². The van der Waals surface area contributed by atoms with E-state index in [1.54, 1.807) is 6.33 Å². The topological polar surface area (TPSA) is 94.7 Å². The molecule has 1 fully saturated rings. The molecule has 2 aromatic rings. The zero-order valence-corrected chi connectivity index (χ0v) is 17.2. The van der Waals surface area contributed by atoms with Gasteiger partial charge >= 0.3 is 0 Å². The lowest BCUT2D eigenvalue weighted by Gasteiger charge is -2.40. The van der Waals surface area contributed by atoms with Crippen molar-refractivity contribution in [2.24, 2.45) is 0 Å². The third-order valence-corrected chi connectivity index (χ3v) is 6.26. The molecule has 1 amide bonds. The highest BCUT2D eigenvalue weighted by atomic mass is 16.2. The summed E-state index contributed by atoms with van der Waals surface area (Å²) in [6.07, 6.45) is 5.48. The number of carbonyl (C=O) groups is 1. The van der Waals surface area contributed by atoms with Crippen molar-refractivity contribution >= 4 is 5.91 Å². The molecule has 1 aliphatic carbocycles. The van der Waals surface area contributed by atoms with Gasteiger partial charge in [-0.25, -0.2) is 9.97 Å². The van der Waals surface area contributed by atoms with Crippen LogP contribution in [0.25, 0.3) is 0 Å². The third-order valence-electron chi connectivity index (χ3n) is 6.26. The number of likely N-dealkylation sites (tertiary alicyclic amines) is 1. The number of aryl methyl sites for hydroxylation is 1. The van der Waals surface area contributed by atoms with Gasteiger partial charge in [0.2, 0.25) is 5.91 Å². The fourth-order valence-corrected chi connectivity index (χ4v) is 4.57. The molecule has 2 N–H and O–H groups in total. The Morgan fingerprint density at radius 1 is 1.32 bits per heavy atom. The molecule has 0 bridgehead atoms. The van der Waals surface area contributed by atoms with E-state index in [0.717, 1.165) is 60.7 Å². The molecule has 3 heterocycles. The normalized spacial score (nSPS) is 21.9. The smallest absolute Gasteiger partial charge is 0.254 e. The summed E-state index contributed by atoms with van der Waals surface area (Å²) in [6, 6.07) is 0. The lowest BCUT2D eigenvalue weighted by molar-refractivity contribution is -0.132. The summed E-state index contributed by atoms with van der Waals surface area (Å²) in [5.74, 6) is 0.830. The van der Waals surface area contributed by atoms with Crippen LogP contribution in [0.5, 0.6) is 0 Å². The Kier molecular flexibility index (Phi) is 4.43. The summed E-state index contributed by atoms with van der Waals surface area (Å²) in [7, 11) is 0. The number of piperidine rings is 1. The van der Waals surface area contributed by atoms with Crippen LogP contribution in [0.1, 0.15) is 68.5 Å². The van der Waals surface area contributed by atoms with Crippen molar-refractivity contribution in [1.82, 2.24) is 24.8 Å². The summed E-state index contributed by atoms with van der Waals surface area (Å²) in [4.78, 5) is 42.8. The average Bonchev–Trinajstić information content (AvgIpc) is 3.19. The fraction of sp³-hybridized carbons (Fsp3) is 0.619. The molecule has 1 aliphatic heterocycles. The summed E-state index contributed by atoms with van der Waals surface area (Å²) in [6.45, 7) is 9.51. The van der Waals surface area contributed by atoms with E-state index in [4.69, 9.17) is 4.98 Å². The van der Waals surface area contributed by atoms with Crippen LogP contribution in [-0.2, 0) is 28.5 Å². The lowest BCUT2D eigenvalue weighted by Crippen LogP contribution is -2.48. The van der Waals surface area contributed by atoms with Crippen LogP contribution in [0.15, 0.2) is 11.1 Å². The van der Waals surface area contributed by atoms with Gasteiger partial charge in [-0.05, 0) is 32.6 Å². The number of imidazole rings is 1. The van der Waals surface area contributed by atoms with E-state index in [-0.39, 0.29) is 22.3 Å². The highest BCUT2D eigenvalue weighted by molar-refractivity contribution is 5.79. The number of nitrogens with one attached hydrogen (secondary N) is 2. The van der Waals surface area contributed by atoms with Crippen molar-refractivity contribution in [3.05, 3.63) is 45.2 Å². The highest BCUT2D eigenvalue weighted by Crippen LogP contribution is 2.43. The van der Waals surface area contributed by atoms with Crippen molar-refractivity contribution in [3.8, 4) is 0 Å². The van der Waals surface area contributed by atoms with Gasteiger partial charge < -0.3 is 14.9 Å². The highest BCUT2D eigenvalue weighted by Gasteiger charge is 2.46. The van der Waals surface area contributed by atoms with Crippen molar-refractivity contribution in [2.75, 3.05) is 13.1 Å². The predicted octanol–water partition coefficient (Wildman–Crippen LogP) is 2.15. The number of fused-ring (bicyclic) bond motifs is 2. The van der Waals surface area contributed by atoms with E-state index in [1.165, 1.54) is 0 Å². The second-order valence-electron chi connectivity index (χ2n) is 9.34. The molecule has 7 nitrogen and oxygen atoms in total. The van der Waals surface area contributed by atoms with Crippen molar-refractivity contribution < 1.29 is 4.79 Å². The molecular formula is C21H29N5O2. The van der Waals surface area contributed by atoms with E-state index in [0.29, 0.717) is 13.0 Å². The van der Waals surface area contributed by atoms with E-state index >= 15 is 0 Å². The number of aromatic amines is 2. The van der Waals surface area contributed by atoms with Crippen molar-refractivity contribution in [1.29, 1.82) is 0 Å². The molecule has 2 aromatic heterocycles. The molecule has 0 saturated carbocycles. The molecular weight excluding hydrogens is 354 g/mol. The molecule has 1 saturated heterocycles. The lowest BCUT2D eigenvalue weighted by atomic mass is 9.77. The Hall–Kier alpha value is -2.44. The van der Waals surface area contributed by atoms with Gasteiger partial charge in [-0.1, -0.05) is 20.8 Å². The molecule has 2 aliphatic rings. The van der Waals surface area contributed by atoms with Gasteiger partial charge in [0.15, 0.2) is 0 Å². The number of H-pyrrole nitrogens is 2. The standard InChI is InChI=1S/C21H29N5O2/c1-13-15(23-12-22-13)10-16(27)26-9-5-7-21(11-26)8-6-14-17(21)24-19(20(2,3)4)25-18(14)28/h12H,5-11H2,1-4H3,(H,22,23)(H,24,25,28). The monoisotopic (exact) mass is 383 g/mol. The maximum atomic E-state index is 12.9. The number of nitrogens with zero attached hydrogens (tertiary/aromatic N) is 3. The second-order valence-corrected chi connectivity index (χ2v) is 9.34. The Labute approximate surface area is 165 Å². The predicted molar refractivity (Wildman–Crippen MR) is 106 cm³/mol. The zero-order valence-electron chi connectivity index (χ0n) is 17.2. The van der Waals surface area contributed by atoms with Crippen LogP contribution >= 0.6 is 0 Å². The number of aromatic nitrogens is 4. The molecule has 28 heavy (non-hydrogen) atoms. The van der Waals surface area contributed by atoms with E-state index in [1.807, 2.05) is 11.8 Å². The first-order chi connectivity index (χ1) is 13.2. The summed E-state index contributed by atoms with van der Waals surface area (Å²) in [5.41, 5.74) is 3.05. The maximum Gasteiger partial charge on any atom is 0.254 e. The van der Waals surface area contributed by atoms with Crippen molar-refractivity contribution in [2.45, 2.75) is 70.6 Å². The molecule has 150 valence electrons. The first kappa shape index (κ1) is 18.9. The summed E-state index contributed by atoms with van der Waals surface area (Å²) in [5, 5.41) is 0. The Morgan fingerprint density at radius 3 is 2.79 bits per heavy atom. The molecule has 1 spiro atoms. The van der Waals surface area contributed by atoms with Gasteiger partial charge in [0.05, 0.1) is 24.1 Å². The minimum absolute atomic E-state index is 0.0117. The van der Waals surface area contributed by atoms with Crippen LogP contribution in [-0.4, -0.2) is 43.8 Å². The quantitative estimate of drug-likeness (QED) is 0.831. The van der Waals surface area contributed by atoms with E-state index in [9.17, 15) is 9.59 Å². The van der Waals surface area contributed by atoms with E-state index in [2.05, 4.69) is 35.7 Å². The molecule has 4 rings (SSSR count). The number of hydrogen-bond acceptors (Lipinski definition) is 4. The molecule has 7 heteroatoms. The molecule has 0 aromatic carbocycles. The van der Waals surface area contributed by atoms with Crippen LogP contribution < -0.4 is 5.56 Å². The first-order valence-corrected chi connectivity index (χ1v) is 10.1. The minimum Gasteiger partial charge on any atom is -0.348 e. The van der Waals surface area contributed by atoms with Gasteiger partial charge in [-0.15, -0.1) is 0 Å². The Morgan fingerprint density at radius 2 is 2.11 bits per heavy atom. The number of amides is 1. The Balaban J connectivity index is 1.63. The van der Waals surface area contributed by atoms with Gasteiger partial charge in [0.1, 0.15) is 5.82 Å². The van der Waals surface area contributed by atoms with Gasteiger partial charge in [0, 0.05) is 35.2 Å². The summed E-state index contributed by atoms with van der Waals surface area (Å²) < 4.78 is 0. The van der Waals surface area contributed by atoms with Gasteiger partial charge in [-0.2, -0.15) is 0 Å². The van der Waals surface area contributed by atoms with Crippen molar-refractivity contribution in [3.63, 3.8) is 0 Å². The largest absolute Gasteiger partial charge is 0.348 e. The van der Waals surface area contributed by atoms with Crippen LogP contribution in [0, 0.1) is 6.92 Å². The SMILES string of the molecule is Cc1[nH]cnc1CC(=O)N1CCCC2(CCc3c2nc(C(C)(C)C)[nH]c3=O)C1. The fourth-order valence-electron chi connectivity index (χ4n) is 4.57. The number of hydrogen-bond donors (Lipinski definition) is 2. The zero-order chi connectivity index (χ0) is 20.1. The Bertz CT molecular complexity index is 968. The second kappa shape index (κ2) is 6.57. The van der Waals surface area contributed by atoms with Crippen LogP contribution in [0.2, 0.25) is 0 Å².